The van der Waals surface area contributed by atoms with Gasteiger partial charge in [-0.05, 0) is 43.0 Å². The Morgan fingerprint density at radius 1 is 1.44 bits per heavy atom. The highest BCUT2D eigenvalue weighted by molar-refractivity contribution is 9.10. The van der Waals surface area contributed by atoms with Gasteiger partial charge >= 0.3 is 0 Å². The highest BCUT2D eigenvalue weighted by Gasteiger charge is 2.17. The maximum Gasteiger partial charge on any atom is 0.136 e. The van der Waals surface area contributed by atoms with Gasteiger partial charge in [0.05, 0.1) is 6.61 Å². The number of ether oxygens (including phenoxy) is 1. The normalized spacial score (nSPS) is 17.6. The first kappa shape index (κ1) is 11.7. The van der Waals surface area contributed by atoms with Crippen LogP contribution in [-0.4, -0.2) is 11.7 Å². The van der Waals surface area contributed by atoms with Gasteiger partial charge in [-0.1, -0.05) is 28.1 Å². The third-order valence-electron chi connectivity index (χ3n) is 2.73. The molecule has 2 rings (SSSR count). The van der Waals surface area contributed by atoms with Crippen molar-refractivity contribution in [3.05, 3.63) is 45.6 Å². The molecule has 1 aliphatic rings. The summed E-state index contributed by atoms with van der Waals surface area (Å²) in [6.07, 6.45) is 3.37. The Labute approximate surface area is 104 Å². The fourth-order valence-electron chi connectivity index (χ4n) is 1.77. The molecule has 0 fully saturated rings. The summed E-state index contributed by atoms with van der Waals surface area (Å²) in [6, 6.07) is 5.85. The van der Waals surface area contributed by atoms with E-state index in [0.29, 0.717) is 12.4 Å². The van der Waals surface area contributed by atoms with E-state index in [0.717, 1.165) is 28.4 Å². The lowest BCUT2D eigenvalue weighted by Crippen LogP contribution is -2.09. The first-order valence-corrected chi connectivity index (χ1v) is 6.25. The van der Waals surface area contributed by atoms with Crippen LogP contribution in [0.4, 0.5) is 0 Å². The predicted molar refractivity (Wildman–Crippen MR) is 67.1 cm³/mol. The van der Waals surface area contributed by atoms with Crippen LogP contribution < -0.4 is 0 Å². The lowest BCUT2D eigenvalue weighted by Gasteiger charge is -2.20. The molecule has 0 saturated heterocycles. The molecule has 0 bridgehead atoms. The lowest BCUT2D eigenvalue weighted by atomic mass is 10.0. The van der Waals surface area contributed by atoms with Crippen LogP contribution in [0.25, 0.3) is 0 Å². The van der Waals surface area contributed by atoms with Gasteiger partial charge < -0.3 is 9.84 Å². The molecular weight excluding hydrogens is 268 g/mol. The van der Waals surface area contributed by atoms with Crippen molar-refractivity contribution in [3.63, 3.8) is 0 Å². The van der Waals surface area contributed by atoms with E-state index in [-0.39, 0.29) is 0 Å². The quantitative estimate of drug-likeness (QED) is 0.900. The van der Waals surface area contributed by atoms with Gasteiger partial charge in [0, 0.05) is 4.47 Å². The van der Waals surface area contributed by atoms with Gasteiger partial charge in [-0.2, -0.15) is 0 Å². The molecule has 3 heteroatoms. The Bertz CT molecular complexity index is 412. The zero-order chi connectivity index (χ0) is 11.5. The minimum absolute atomic E-state index is 0.632. The first-order valence-electron chi connectivity index (χ1n) is 5.45. The van der Waals surface area contributed by atoms with Gasteiger partial charge in [0.25, 0.3) is 0 Å². The van der Waals surface area contributed by atoms with Crippen LogP contribution in [0.1, 0.15) is 30.1 Å². The molecule has 1 aromatic carbocycles. The topological polar surface area (TPSA) is 29.5 Å². The van der Waals surface area contributed by atoms with Crippen LogP contribution in [0.3, 0.4) is 0 Å². The largest absolute Gasteiger partial charge is 0.495 e. The van der Waals surface area contributed by atoms with Crippen LogP contribution in [0.15, 0.2) is 34.5 Å². The van der Waals surface area contributed by atoms with Crippen LogP contribution in [0, 0.1) is 6.92 Å². The Balaban J connectivity index is 2.22. The van der Waals surface area contributed by atoms with E-state index in [1.165, 1.54) is 0 Å². The molecule has 1 unspecified atom stereocenters. The zero-order valence-corrected chi connectivity index (χ0v) is 10.8. The Morgan fingerprint density at radius 2 is 2.25 bits per heavy atom. The molecule has 86 valence electrons. The van der Waals surface area contributed by atoms with Crippen molar-refractivity contribution in [2.75, 3.05) is 6.61 Å². The van der Waals surface area contributed by atoms with Crippen molar-refractivity contribution in [1.82, 2.24) is 0 Å². The van der Waals surface area contributed by atoms with Gasteiger partial charge in [0.15, 0.2) is 0 Å². The van der Waals surface area contributed by atoms with E-state index in [1.54, 1.807) is 0 Å². The molecule has 1 aliphatic heterocycles. The molecular formula is C13H15BrO2. The Morgan fingerprint density at radius 3 is 2.88 bits per heavy atom. The number of allylic oxidation sites excluding steroid dienone is 1. The van der Waals surface area contributed by atoms with E-state index in [2.05, 4.69) is 15.9 Å². The van der Waals surface area contributed by atoms with Crippen molar-refractivity contribution < 1.29 is 9.84 Å². The number of rotatable bonds is 2. The molecule has 0 aromatic heterocycles. The first-order chi connectivity index (χ1) is 7.68. The van der Waals surface area contributed by atoms with E-state index < -0.39 is 6.10 Å². The molecule has 0 radical (unpaired) electrons. The second-order valence-electron chi connectivity index (χ2n) is 4.01. The van der Waals surface area contributed by atoms with Gasteiger partial charge in [0.1, 0.15) is 11.9 Å². The van der Waals surface area contributed by atoms with E-state index in [1.807, 2.05) is 31.2 Å². The second kappa shape index (κ2) is 5.02. The fourth-order valence-corrected chi connectivity index (χ4v) is 2.02. The third kappa shape index (κ3) is 2.47. The van der Waals surface area contributed by atoms with Crippen molar-refractivity contribution in [3.8, 4) is 0 Å². The monoisotopic (exact) mass is 282 g/mol. The number of aryl methyl sites for hydroxylation is 1. The van der Waals surface area contributed by atoms with Gasteiger partial charge in [-0.25, -0.2) is 0 Å². The zero-order valence-electron chi connectivity index (χ0n) is 9.24. The number of hydrogen-bond acceptors (Lipinski definition) is 2. The third-order valence-corrected chi connectivity index (χ3v) is 3.62. The Hall–Kier alpha value is -0.800. The van der Waals surface area contributed by atoms with Crippen molar-refractivity contribution >= 4 is 15.9 Å². The number of halogens is 1. The smallest absolute Gasteiger partial charge is 0.136 e. The molecule has 0 saturated carbocycles. The number of hydrogen-bond donors (Lipinski definition) is 1. The number of benzene rings is 1. The van der Waals surface area contributed by atoms with E-state index in [4.69, 9.17) is 4.74 Å². The van der Waals surface area contributed by atoms with Gasteiger partial charge in [-0.15, -0.1) is 0 Å². The number of aliphatic hydroxyl groups excluding tert-OH is 1. The molecule has 2 nitrogen and oxygen atoms in total. The summed E-state index contributed by atoms with van der Waals surface area (Å²) in [7, 11) is 0. The highest BCUT2D eigenvalue weighted by Crippen LogP contribution is 2.28. The van der Waals surface area contributed by atoms with Crippen LogP contribution in [0.2, 0.25) is 0 Å². The van der Waals surface area contributed by atoms with E-state index >= 15 is 0 Å². The predicted octanol–water partition coefficient (Wildman–Crippen LogP) is 3.49. The highest BCUT2D eigenvalue weighted by atomic mass is 79.9. The standard InChI is InChI=1S/C13H15BrO2/c1-9-8-10(5-6-11(9)14)13(15)12-4-2-3-7-16-12/h4-6,8,13,15H,2-3,7H2,1H3. The van der Waals surface area contributed by atoms with Crippen LogP contribution in [-0.2, 0) is 4.74 Å². The molecule has 0 spiro atoms. The van der Waals surface area contributed by atoms with Crippen molar-refractivity contribution in [1.29, 1.82) is 0 Å². The lowest BCUT2D eigenvalue weighted by molar-refractivity contribution is 0.0917. The molecule has 16 heavy (non-hydrogen) atoms. The summed E-state index contributed by atoms with van der Waals surface area (Å²) in [6.45, 7) is 2.72. The summed E-state index contributed by atoms with van der Waals surface area (Å²) in [5.74, 6) is 0.688. The van der Waals surface area contributed by atoms with Crippen molar-refractivity contribution in [2.24, 2.45) is 0 Å². The maximum absolute atomic E-state index is 10.2. The Kier molecular flexibility index (Phi) is 3.66. The molecule has 0 amide bonds. The summed E-state index contributed by atoms with van der Waals surface area (Å²) >= 11 is 3.45. The average Bonchev–Trinajstić information content (AvgIpc) is 2.33. The SMILES string of the molecule is Cc1cc(C(O)C2=CCCCO2)ccc1Br. The number of aliphatic hydroxyl groups is 1. The van der Waals surface area contributed by atoms with Crippen LogP contribution in [0.5, 0.6) is 0 Å². The summed E-state index contributed by atoms with van der Waals surface area (Å²) in [4.78, 5) is 0. The second-order valence-corrected chi connectivity index (χ2v) is 4.86. The minimum Gasteiger partial charge on any atom is -0.495 e. The molecule has 0 aliphatic carbocycles. The van der Waals surface area contributed by atoms with E-state index in [9.17, 15) is 5.11 Å². The average molecular weight is 283 g/mol. The fraction of sp³-hybridized carbons (Fsp3) is 0.385. The summed E-state index contributed by atoms with van der Waals surface area (Å²) in [5, 5.41) is 10.2. The van der Waals surface area contributed by atoms with Gasteiger partial charge in [0.2, 0.25) is 0 Å². The minimum atomic E-state index is -0.632. The van der Waals surface area contributed by atoms with Gasteiger partial charge in [-0.3, -0.25) is 0 Å². The molecule has 1 aromatic rings. The van der Waals surface area contributed by atoms with Crippen molar-refractivity contribution in [2.45, 2.75) is 25.9 Å². The summed E-state index contributed by atoms with van der Waals surface area (Å²) < 4.78 is 6.52. The molecule has 1 N–H and O–H groups in total. The summed E-state index contributed by atoms with van der Waals surface area (Å²) in [5.41, 5.74) is 2.00. The molecule has 1 heterocycles. The van der Waals surface area contributed by atoms with Crippen LogP contribution >= 0.6 is 15.9 Å². The maximum atomic E-state index is 10.2. The molecule has 1 atom stereocenters.